The SMILES string of the molecule is O=C(Nc1nnc(-c2ccccc2)s1)c1cc(C2CC2)nc2onc(-c3ccccc3)c12. The highest BCUT2D eigenvalue weighted by Crippen LogP contribution is 2.41. The number of carbonyl (C=O) groups excluding carboxylic acids is 1. The molecule has 8 heteroatoms. The predicted molar refractivity (Wildman–Crippen MR) is 123 cm³/mol. The Labute approximate surface area is 187 Å². The first-order valence-corrected chi connectivity index (χ1v) is 11.1. The third-order valence-corrected chi connectivity index (χ3v) is 6.31. The molecule has 1 amide bonds. The summed E-state index contributed by atoms with van der Waals surface area (Å²) in [6, 6.07) is 21.3. The number of anilines is 1. The van der Waals surface area contributed by atoms with Crippen LogP contribution in [0.4, 0.5) is 5.13 Å². The topological polar surface area (TPSA) is 93.8 Å². The molecule has 5 aromatic rings. The van der Waals surface area contributed by atoms with E-state index in [2.05, 4.69) is 25.7 Å². The van der Waals surface area contributed by atoms with Gasteiger partial charge in [0, 0.05) is 22.7 Å². The van der Waals surface area contributed by atoms with Crippen molar-refractivity contribution in [2.24, 2.45) is 0 Å². The zero-order valence-electron chi connectivity index (χ0n) is 16.9. The number of fused-ring (bicyclic) bond motifs is 1. The van der Waals surface area contributed by atoms with E-state index in [9.17, 15) is 4.79 Å². The lowest BCUT2D eigenvalue weighted by Crippen LogP contribution is -2.13. The van der Waals surface area contributed by atoms with E-state index >= 15 is 0 Å². The summed E-state index contributed by atoms with van der Waals surface area (Å²) in [6.45, 7) is 0. The van der Waals surface area contributed by atoms with Crippen molar-refractivity contribution in [1.82, 2.24) is 20.3 Å². The van der Waals surface area contributed by atoms with Crippen molar-refractivity contribution in [3.63, 3.8) is 0 Å². The maximum absolute atomic E-state index is 13.4. The van der Waals surface area contributed by atoms with Gasteiger partial charge in [0.05, 0.1) is 10.9 Å². The number of hydrogen-bond donors (Lipinski definition) is 1. The van der Waals surface area contributed by atoms with Gasteiger partial charge in [0.2, 0.25) is 5.13 Å². The van der Waals surface area contributed by atoms with Crippen molar-refractivity contribution < 1.29 is 9.32 Å². The standard InChI is InChI=1S/C24H17N5O2S/c30-21(26-24-28-27-23(32-24)16-9-5-2-6-10-16)17-13-18(14-11-12-14)25-22-19(17)20(29-31-22)15-7-3-1-4-8-15/h1-10,13-14H,11-12H2,(H,26,28,30). The quantitative estimate of drug-likeness (QED) is 0.386. The second-order valence-electron chi connectivity index (χ2n) is 7.68. The van der Waals surface area contributed by atoms with Gasteiger partial charge in [-0.2, -0.15) is 0 Å². The van der Waals surface area contributed by atoms with Gasteiger partial charge in [-0.3, -0.25) is 10.1 Å². The largest absolute Gasteiger partial charge is 0.335 e. The number of pyridine rings is 1. The van der Waals surface area contributed by atoms with Crippen molar-refractivity contribution in [3.8, 4) is 21.8 Å². The van der Waals surface area contributed by atoms with E-state index in [1.807, 2.05) is 66.7 Å². The highest BCUT2D eigenvalue weighted by Gasteiger charge is 2.29. The fraction of sp³-hybridized carbons (Fsp3) is 0.125. The van der Waals surface area contributed by atoms with Gasteiger partial charge in [-0.1, -0.05) is 77.2 Å². The van der Waals surface area contributed by atoms with E-state index in [0.29, 0.717) is 33.4 Å². The molecule has 0 bridgehead atoms. The number of benzene rings is 2. The third kappa shape index (κ3) is 3.44. The number of amides is 1. The summed E-state index contributed by atoms with van der Waals surface area (Å²) in [5, 5.41) is 17.3. The highest BCUT2D eigenvalue weighted by molar-refractivity contribution is 7.18. The van der Waals surface area contributed by atoms with Crippen LogP contribution in [0, 0.1) is 0 Å². The molecule has 2 aromatic carbocycles. The van der Waals surface area contributed by atoms with Gasteiger partial charge < -0.3 is 4.52 Å². The average molecular weight is 440 g/mol. The minimum Gasteiger partial charge on any atom is -0.335 e. The number of aromatic nitrogens is 4. The van der Waals surface area contributed by atoms with Gasteiger partial charge in [-0.25, -0.2) is 4.98 Å². The van der Waals surface area contributed by atoms with Crippen LogP contribution in [0.15, 0.2) is 71.3 Å². The fourth-order valence-electron chi connectivity index (χ4n) is 3.67. The molecule has 0 radical (unpaired) electrons. The Morgan fingerprint density at radius 3 is 2.41 bits per heavy atom. The van der Waals surface area contributed by atoms with Crippen LogP contribution in [0.2, 0.25) is 0 Å². The molecule has 6 rings (SSSR count). The third-order valence-electron chi connectivity index (χ3n) is 5.42. The molecule has 1 saturated carbocycles. The number of carbonyl (C=O) groups is 1. The summed E-state index contributed by atoms with van der Waals surface area (Å²) >= 11 is 1.33. The normalized spacial score (nSPS) is 13.4. The lowest BCUT2D eigenvalue weighted by atomic mass is 10.0. The summed E-state index contributed by atoms with van der Waals surface area (Å²) < 4.78 is 5.56. The highest BCUT2D eigenvalue weighted by atomic mass is 32.1. The van der Waals surface area contributed by atoms with Gasteiger partial charge in [0.25, 0.3) is 11.6 Å². The van der Waals surface area contributed by atoms with E-state index in [1.54, 1.807) is 0 Å². The Bertz CT molecular complexity index is 1430. The van der Waals surface area contributed by atoms with Gasteiger partial charge in [-0.15, -0.1) is 10.2 Å². The van der Waals surface area contributed by atoms with E-state index in [4.69, 9.17) is 4.52 Å². The van der Waals surface area contributed by atoms with Crippen molar-refractivity contribution >= 4 is 33.5 Å². The Hall–Kier alpha value is -3.91. The van der Waals surface area contributed by atoms with Crippen LogP contribution >= 0.6 is 11.3 Å². The van der Waals surface area contributed by atoms with Gasteiger partial charge >= 0.3 is 0 Å². The van der Waals surface area contributed by atoms with Crippen LogP contribution in [-0.4, -0.2) is 26.2 Å². The van der Waals surface area contributed by atoms with Crippen molar-refractivity contribution in [2.45, 2.75) is 18.8 Å². The Kier molecular flexibility index (Phi) is 4.50. The fourth-order valence-corrected chi connectivity index (χ4v) is 4.41. The van der Waals surface area contributed by atoms with Crippen molar-refractivity contribution in [3.05, 3.63) is 78.0 Å². The smallest absolute Gasteiger partial charge is 0.259 e. The summed E-state index contributed by atoms with van der Waals surface area (Å²) in [4.78, 5) is 18.0. The Morgan fingerprint density at radius 2 is 1.69 bits per heavy atom. The number of nitrogens with one attached hydrogen (secondary N) is 1. The Morgan fingerprint density at radius 1 is 0.969 bits per heavy atom. The zero-order chi connectivity index (χ0) is 21.5. The molecule has 1 aliphatic carbocycles. The molecular formula is C24H17N5O2S. The summed E-state index contributed by atoms with van der Waals surface area (Å²) in [6.07, 6.45) is 2.13. The maximum atomic E-state index is 13.4. The first-order chi connectivity index (χ1) is 15.8. The summed E-state index contributed by atoms with van der Waals surface area (Å²) in [7, 11) is 0. The van der Waals surface area contributed by atoms with E-state index in [-0.39, 0.29) is 5.91 Å². The lowest BCUT2D eigenvalue weighted by molar-refractivity contribution is 0.102. The molecule has 0 saturated heterocycles. The molecule has 0 atom stereocenters. The molecule has 156 valence electrons. The van der Waals surface area contributed by atoms with Crippen LogP contribution < -0.4 is 5.32 Å². The molecule has 0 spiro atoms. The van der Waals surface area contributed by atoms with Gasteiger partial charge in [0.1, 0.15) is 10.7 Å². The van der Waals surface area contributed by atoms with Crippen molar-refractivity contribution in [1.29, 1.82) is 0 Å². The molecule has 0 unspecified atom stereocenters. The maximum Gasteiger partial charge on any atom is 0.259 e. The van der Waals surface area contributed by atoms with E-state index in [0.717, 1.165) is 34.7 Å². The minimum atomic E-state index is -0.282. The average Bonchev–Trinajstić information content (AvgIpc) is 3.44. The Balaban J connectivity index is 1.40. The molecule has 7 nitrogen and oxygen atoms in total. The monoisotopic (exact) mass is 439 g/mol. The minimum absolute atomic E-state index is 0.282. The van der Waals surface area contributed by atoms with Crippen LogP contribution in [0.3, 0.4) is 0 Å². The van der Waals surface area contributed by atoms with Crippen LogP contribution in [-0.2, 0) is 0 Å². The van der Waals surface area contributed by atoms with Crippen LogP contribution in [0.1, 0.15) is 34.8 Å². The number of nitrogens with zero attached hydrogens (tertiary/aromatic N) is 4. The van der Waals surface area contributed by atoms with Crippen LogP contribution in [0.5, 0.6) is 0 Å². The number of rotatable bonds is 5. The summed E-state index contributed by atoms with van der Waals surface area (Å²) in [5.74, 6) is 0.0814. The molecular weight excluding hydrogens is 422 g/mol. The molecule has 3 aromatic heterocycles. The molecule has 32 heavy (non-hydrogen) atoms. The molecule has 1 N–H and O–H groups in total. The molecule has 0 aliphatic heterocycles. The summed E-state index contributed by atoms with van der Waals surface area (Å²) in [5.41, 5.74) is 4.14. The lowest BCUT2D eigenvalue weighted by Gasteiger charge is -2.06. The van der Waals surface area contributed by atoms with Gasteiger partial charge in [-0.05, 0) is 18.9 Å². The second kappa shape index (κ2) is 7.65. The molecule has 1 aliphatic rings. The van der Waals surface area contributed by atoms with Crippen molar-refractivity contribution in [2.75, 3.05) is 5.32 Å². The van der Waals surface area contributed by atoms with Gasteiger partial charge in [0.15, 0.2) is 0 Å². The van der Waals surface area contributed by atoms with E-state index in [1.165, 1.54) is 11.3 Å². The van der Waals surface area contributed by atoms with Crippen LogP contribution in [0.25, 0.3) is 32.9 Å². The second-order valence-corrected chi connectivity index (χ2v) is 8.66. The number of hydrogen-bond acceptors (Lipinski definition) is 7. The molecule has 3 heterocycles. The predicted octanol–water partition coefficient (Wildman–Crippen LogP) is 5.54. The first kappa shape index (κ1) is 18.8. The zero-order valence-corrected chi connectivity index (χ0v) is 17.7. The molecule has 1 fully saturated rings. The first-order valence-electron chi connectivity index (χ1n) is 10.3. The van der Waals surface area contributed by atoms with E-state index < -0.39 is 0 Å².